The average Bonchev–Trinajstić information content (AvgIpc) is 3.24. The summed E-state index contributed by atoms with van der Waals surface area (Å²) in [5.74, 6) is 1.19. The minimum Gasteiger partial charge on any atom is -0.508 e. The molecule has 0 radical (unpaired) electrons. The quantitative estimate of drug-likeness (QED) is 0.326. The zero-order valence-electron chi connectivity index (χ0n) is 18.7. The van der Waals surface area contributed by atoms with Crippen molar-refractivity contribution >= 4 is 37.4 Å². The summed E-state index contributed by atoms with van der Waals surface area (Å²) in [6, 6.07) is 14.5. The van der Waals surface area contributed by atoms with Crippen LogP contribution in [-0.2, 0) is 10.0 Å². The fraction of sp³-hybridized carbons (Fsp3) is 0.250. The van der Waals surface area contributed by atoms with Gasteiger partial charge in [0.25, 0.3) is 0 Å². The largest absolute Gasteiger partial charge is 0.508 e. The zero-order chi connectivity index (χ0) is 24.6. The molecule has 4 aromatic rings. The van der Waals surface area contributed by atoms with Gasteiger partial charge in [0, 0.05) is 31.3 Å². The molecule has 0 amide bonds. The summed E-state index contributed by atoms with van der Waals surface area (Å²) in [5.41, 5.74) is 1.87. The maximum atomic E-state index is 12.9. The Morgan fingerprint density at radius 1 is 1.06 bits per heavy atom. The molecule has 35 heavy (non-hydrogen) atoms. The van der Waals surface area contributed by atoms with Crippen molar-refractivity contribution in [2.45, 2.75) is 17.7 Å². The lowest BCUT2D eigenvalue weighted by atomic mass is 9.98. The van der Waals surface area contributed by atoms with Gasteiger partial charge in [-0.05, 0) is 71.1 Å². The molecule has 3 heterocycles. The van der Waals surface area contributed by atoms with E-state index in [9.17, 15) is 18.6 Å². The molecular weight excluding hydrogens is 534 g/mol. The van der Waals surface area contributed by atoms with Crippen LogP contribution in [0.2, 0.25) is 0 Å². The monoisotopic (exact) mass is 557 g/mol. The molecule has 11 heteroatoms. The van der Waals surface area contributed by atoms with Gasteiger partial charge in [-0.25, -0.2) is 13.4 Å². The second-order valence-corrected chi connectivity index (χ2v) is 11.3. The molecule has 2 aromatic heterocycles. The molecule has 5 rings (SSSR count). The number of halogens is 1. The lowest BCUT2D eigenvalue weighted by Crippen LogP contribution is -2.39. The predicted octanol–water partition coefficient (Wildman–Crippen LogP) is 4.08. The summed E-state index contributed by atoms with van der Waals surface area (Å²) in [6.07, 6.45) is 3.11. The second kappa shape index (κ2) is 9.48. The van der Waals surface area contributed by atoms with Gasteiger partial charge in [0.1, 0.15) is 17.3 Å². The number of nitrogens with one attached hydrogen (secondary N) is 1. The third-order valence-corrected chi connectivity index (χ3v) is 8.70. The van der Waals surface area contributed by atoms with Crippen LogP contribution in [0.25, 0.3) is 16.9 Å². The smallest absolute Gasteiger partial charge is 0.243 e. The number of nitrogens with zero attached hydrogens (tertiary/aromatic N) is 4. The van der Waals surface area contributed by atoms with E-state index in [0.29, 0.717) is 49.4 Å². The fourth-order valence-corrected chi connectivity index (χ4v) is 6.08. The van der Waals surface area contributed by atoms with Gasteiger partial charge in [0.2, 0.25) is 10.0 Å². The average molecular weight is 558 g/mol. The van der Waals surface area contributed by atoms with Gasteiger partial charge in [-0.15, -0.1) is 0 Å². The summed E-state index contributed by atoms with van der Waals surface area (Å²) in [7, 11) is -3.59. The highest BCUT2D eigenvalue weighted by Gasteiger charge is 2.29. The molecule has 0 saturated carbocycles. The number of benzene rings is 2. The van der Waals surface area contributed by atoms with Gasteiger partial charge >= 0.3 is 0 Å². The first-order valence-corrected chi connectivity index (χ1v) is 13.4. The van der Waals surface area contributed by atoms with E-state index in [1.54, 1.807) is 22.8 Å². The van der Waals surface area contributed by atoms with Gasteiger partial charge in [-0.3, -0.25) is 0 Å². The van der Waals surface area contributed by atoms with Crippen LogP contribution in [0.3, 0.4) is 0 Å². The van der Waals surface area contributed by atoms with Crippen molar-refractivity contribution in [3.8, 4) is 22.8 Å². The summed E-state index contributed by atoms with van der Waals surface area (Å²) in [4.78, 5) is 4.84. The summed E-state index contributed by atoms with van der Waals surface area (Å²) in [5, 5.41) is 27.6. The normalized spacial score (nSPS) is 15.5. The Morgan fingerprint density at radius 3 is 2.49 bits per heavy atom. The highest BCUT2D eigenvalue weighted by molar-refractivity contribution is 9.10. The van der Waals surface area contributed by atoms with E-state index in [1.807, 2.05) is 18.2 Å². The van der Waals surface area contributed by atoms with Crippen molar-refractivity contribution in [1.29, 1.82) is 0 Å². The molecule has 182 valence electrons. The predicted molar refractivity (Wildman–Crippen MR) is 136 cm³/mol. The van der Waals surface area contributed by atoms with Gasteiger partial charge in [-0.1, -0.05) is 12.1 Å². The Labute approximate surface area is 211 Å². The van der Waals surface area contributed by atoms with E-state index in [2.05, 4.69) is 31.3 Å². The molecule has 2 aromatic carbocycles. The standard InChI is InChI=1S/C24H24BrN5O4S/c25-20-15-27-30-23(13-21(28-24(20)30)19-3-1-2-4-22(19)32)26-14-16-9-11-29(12-10-16)35(33,34)18-7-5-17(31)6-8-18/h1-8,13,15-16,26,31-32H,9-12,14H2. The highest BCUT2D eigenvalue weighted by atomic mass is 79.9. The first-order valence-electron chi connectivity index (χ1n) is 11.2. The number of rotatable bonds is 6. The Bertz CT molecular complexity index is 1470. The molecular formula is C24H24BrN5O4S. The third-order valence-electron chi connectivity index (χ3n) is 6.23. The molecule has 0 spiro atoms. The van der Waals surface area contributed by atoms with Crippen molar-refractivity contribution in [2.24, 2.45) is 5.92 Å². The van der Waals surface area contributed by atoms with E-state index in [-0.39, 0.29) is 22.3 Å². The molecule has 0 bridgehead atoms. The van der Waals surface area contributed by atoms with E-state index in [1.165, 1.54) is 28.6 Å². The van der Waals surface area contributed by atoms with E-state index >= 15 is 0 Å². The van der Waals surface area contributed by atoms with E-state index in [0.717, 1.165) is 10.3 Å². The SMILES string of the molecule is O=S(=O)(c1ccc(O)cc1)N1CCC(CNc2cc(-c3ccccc3O)nc3c(Br)cnn23)CC1. The maximum Gasteiger partial charge on any atom is 0.243 e. The number of phenolic OH excluding ortho intramolecular Hbond substituents is 2. The molecule has 1 fully saturated rings. The van der Waals surface area contributed by atoms with Crippen molar-refractivity contribution in [1.82, 2.24) is 18.9 Å². The summed E-state index contributed by atoms with van der Waals surface area (Å²) >= 11 is 3.49. The summed E-state index contributed by atoms with van der Waals surface area (Å²) in [6.45, 7) is 1.50. The first kappa shape index (κ1) is 23.6. The van der Waals surface area contributed by atoms with Crippen LogP contribution < -0.4 is 5.32 Å². The molecule has 3 N–H and O–H groups in total. The van der Waals surface area contributed by atoms with Crippen molar-refractivity contribution in [2.75, 3.05) is 25.0 Å². The van der Waals surface area contributed by atoms with E-state index in [4.69, 9.17) is 0 Å². The van der Waals surface area contributed by atoms with Crippen LogP contribution in [0, 0.1) is 5.92 Å². The van der Waals surface area contributed by atoms with Gasteiger partial charge < -0.3 is 15.5 Å². The van der Waals surface area contributed by atoms with Crippen molar-refractivity contribution < 1.29 is 18.6 Å². The lowest BCUT2D eigenvalue weighted by molar-refractivity contribution is 0.282. The second-order valence-electron chi connectivity index (χ2n) is 8.49. The third kappa shape index (κ3) is 4.71. The minimum absolute atomic E-state index is 0.0359. The van der Waals surface area contributed by atoms with Crippen LogP contribution in [0.4, 0.5) is 5.82 Å². The number of phenols is 2. The van der Waals surface area contributed by atoms with Crippen LogP contribution in [0.1, 0.15) is 12.8 Å². The topological polar surface area (TPSA) is 120 Å². The highest BCUT2D eigenvalue weighted by Crippen LogP contribution is 2.31. The molecule has 0 aliphatic carbocycles. The Balaban J connectivity index is 1.30. The van der Waals surface area contributed by atoms with Crippen LogP contribution >= 0.6 is 15.9 Å². The number of para-hydroxylation sites is 1. The Morgan fingerprint density at radius 2 is 1.77 bits per heavy atom. The molecule has 9 nitrogen and oxygen atoms in total. The molecule has 1 aliphatic rings. The lowest BCUT2D eigenvalue weighted by Gasteiger charge is -2.31. The number of hydrogen-bond donors (Lipinski definition) is 3. The maximum absolute atomic E-state index is 12.9. The van der Waals surface area contributed by atoms with E-state index < -0.39 is 10.0 Å². The molecule has 1 aliphatic heterocycles. The molecule has 1 saturated heterocycles. The van der Waals surface area contributed by atoms with Gasteiger partial charge in [0.15, 0.2) is 5.65 Å². The first-order chi connectivity index (χ1) is 16.8. The Hall–Kier alpha value is -3.15. The molecule has 0 atom stereocenters. The summed E-state index contributed by atoms with van der Waals surface area (Å²) < 4.78 is 29.8. The number of sulfonamides is 1. The number of fused-ring (bicyclic) bond motifs is 1. The number of aromatic hydroxyl groups is 2. The van der Waals surface area contributed by atoms with Gasteiger partial charge in [-0.2, -0.15) is 13.9 Å². The number of hydrogen-bond acceptors (Lipinski definition) is 7. The molecule has 0 unspecified atom stereocenters. The minimum atomic E-state index is -3.59. The van der Waals surface area contributed by atoms with Crippen LogP contribution in [-0.4, -0.2) is 57.2 Å². The van der Waals surface area contributed by atoms with Crippen LogP contribution in [0.5, 0.6) is 11.5 Å². The van der Waals surface area contributed by atoms with Crippen molar-refractivity contribution in [3.05, 3.63) is 65.3 Å². The van der Waals surface area contributed by atoms with Crippen LogP contribution in [0.15, 0.2) is 70.2 Å². The fourth-order valence-electron chi connectivity index (χ4n) is 4.26. The number of piperidine rings is 1. The van der Waals surface area contributed by atoms with Crippen molar-refractivity contribution in [3.63, 3.8) is 0 Å². The van der Waals surface area contributed by atoms with Gasteiger partial charge in [0.05, 0.1) is 21.3 Å². The zero-order valence-corrected chi connectivity index (χ0v) is 21.1. The number of anilines is 1. The number of aromatic nitrogens is 3. The Kier molecular flexibility index (Phi) is 6.39.